The highest BCUT2D eigenvalue weighted by Crippen LogP contribution is 2.35. The third-order valence-electron chi connectivity index (χ3n) is 4.21. The van der Waals surface area contributed by atoms with E-state index >= 15 is 0 Å². The molecule has 0 aromatic heterocycles. The van der Waals surface area contributed by atoms with Gasteiger partial charge in [-0.1, -0.05) is 6.07 Å². The van der Waals surface area contributed by atoms with Gasteiger partial charge in [-0.05, 0) is 29.7 Å². The Morgan fingerprint density at radius 1 is 1.00 bits per heavy atom. The Morgan fingerprint density at radius 2 is 1.61 bits per heavy atom. The first-order chi connectivity index (χ1) is 14.8. The average molecular weight is 445 g/mol. The smallest absolute Gasteiger partial charge is 0.300 e. The van der Waals surface area contributed by atoms with Crippen LogP contribution in [0.25, 0.3) is 6.08 Å². The summed E-state index contributed by atoms with van der Waals surface area (Å²) in [5.41, 5.74) is 1.16. The summed E-state index contributed by atoms with van der Waals surface area (Å²) in [5.74, 6) is 2.60. The molecule has 0 fully saturated rings. The van der Waals surface area contributed by atoms with Crippen LogP contribution >= 0.6 is 0 Å². The second-order valence-corrected chi connectivity index (χ2v) is 8.08. The van der Waals surface area contributed by atoms with Gasteiger partial charge in [-0.25, -0.2) is 8.42 Å². The minimum Gasteiger partial charge on any atom is -0.496 e. The van der Waals surface area contributed by atoms with Crippen molar-refractivity contribution in [3.63, 3.8) is 0 Å². The van der Waals surface area contributed by atoms with Gasteiger partial charge in [-0.2, -0.15) is 0 Å². The molecule has 0 heterocycles. The molecule has 164 valence electrons. The lowest BCUT2D eigenvalue weighted by Crippen LogP contribution is -2.10. The fourth-order valence-corrected chi connectivity index (χ4v) is 3.83. The van der Waals surface area contributed by atoms with Crippen molar-refractivity contribution in [1.29, 1.82) is 0 Å². The van der Waals surface area contributed by atoms with Gasteiger partial charge < -0.3 is 24.3 Å². The zero-order valence-electron chi connectivity index (χ0n) is 17.6. The lowest BCUT2D eigenvalue weighted by Gasteiger charge is -2.12. The molecule has 0 aliphatic rings. The number of ether oxygens (including phenoxy) is 4. The van der Waals surface area contributed by atoms with Crippen molar-refractivity contribution in [1.82, 2.24) is 0 Å². The van der Waals surface area contributed by atoms with Gasteiger partial charge in [-0.15, -0.1) is 6.42 Å². The first kappa shape index (κ1) is 23.6. The van der Waals surface area contributed by atoms with Crippen LogP contribution in [0.4, 0.5) is 5.69 Å². The lowest BCUT2D eigenvalue weighted by molar-refractivity contribution is -0.111. The molecule has 9 heteroatoms. The van der Waals surface area contributed by atoms with Crippen molar-refractivity contribution in [3.05, 3.63) is 46.9 Å². The number of carbonyl (C=O) groups is 1. The maximum atomic E-state index is 12.7. The van der Waals surface area contributed by atoms with E-state index in [2.05, 4.69) is 5.32 Å². The number of hydrogen-bond acceptors (Lipinski definition) is 7. The Morgan fingerprint density at radius 3 is 2.13 bits per heavy atom. The SMILES string of the molecule is C#CC(=O)Nc1cc(CS(=O)(=O)C=Cc2c(OC)cc(OC)cc2OC)ccc1OC. The summed E-state index contributed by atoms with van der Waals surface area (Å²) in [6.07, 6.45) is 6.48. The summed E-state index contributed by atoms with van der Waals surface area (Å²) in [4.78, 5) is 11.5. The number of nitrogens with one attached hydrogen (secondary N) is 1. The number of terminal acetylenes is 1. The van der Waals surface area contributed by atoms with Crippen molar-refractivity contribution < 1.29 is 32.2 Å². The Labute approximate surface area is 181 Å². The third-order valence-corrected chi connectivity index (χ3v) is 5.49. The molecule has 1 N–H and O–H groups in total. The van der Waals surface area contributed by atoms with Crippen LogP contribution in [0.3, 0.4) is 0 Å². The predicted octanol–water partition coefficient (Wildman–Crippen LogP) is 2.88. The van der Waals surface area contributed by atoms with Crippen LogP contribution in [-0.2, 0) is 20.4 Å². The van der Waals surface area contributed by atoms with Crippen LogP contribution in [-0.4, -0.2) is 42.8 Å². The summed E-state index contributed by atoms with van der Waals surface area (Å²) in [5, 5.41) is 3.55. The van der Waals surface area contributed by atoms with E-state index < -0.39 is 15.7 Å². The molecule has 0 saturated carbocycles. The predicted molar refractivity (Wildman–Crippen MR) is 118 cm³/mol. The molecule has 0 bridgehead atoms. The van der Waals surface area contributed by atoms with E-state index in [-0.39, 0.29) is 11.4 Å². The zero-order chi connectivity index (χ0) is 23.0. The van der Waals surface area contributed by atoms with Crippen LogP contribution < -0.4 is 24.3 Å². The highest BCUT2D eigenvalue weighted by Gasteiger charge is 2.15. The van der Waals surface area contributed by atoms with Crippen LogP contribution in [0, 0.1) is 12.3 Å². The molecule has 8 nitrogen and oxygen atoms in total. The van der Waals surface area contributed by atoms with Crippen LogP contribution in [0.15, 0.2) is 35.7 Å². The molecule has 31 heavy (non-hydrogen) atoms. The summed E-state index contributed by atoms with van der Waals surface area (Å²) in [7, 11) is 2.17. The van der Waals surface area contributed by atoms with Gasteiger partial charge in [0.15, 0.2) is 9.84 Å². The van der Waals surface area contributed by atoms with Crippen LogP contribution in [0.2, 0.25) is 0 Å². The van der Waals surface area contributed by atoms with Crippen molar-refractivity contribution in [3.8, 4) is 35.3 Å². The van der Waals surface area contributed by atoms with Crippen LogP contribution in [0.5, 0.6) is 23.0 Å². The minimum absolute atomic E-state index is 0.278. The molecular formula is C22H23NO7S. The van der Waals surface area contributed by atoms with Gasteiger partial charge >= 0.3 is 0 Å². The zero-order valence-corrected chi connectivity index (χ0v) is 18.4. The number of sulfone groups is 1. The topological polar surface area (TPSA) is 100 Å². The number of rotatable bonds is 9. The summed E-state index contributed by atoms with van der Waals surface area (Å²) < 4.78 is 46.4. The van der Waals surface area contributed by atoms with Crippen LogP contribution in [0.1, 0.15) is 11.1 Å². The van der Waals surface area contributed by atoms with E-state index in [1.54, 1.807) is 24.3 Å². The average Bonchev–Trinajstić information content (AvgIpc) is 2.76. The molecule has 0 saturated heterocycles. The molecule has 1 amide bonds. The van der Waals surface area contributed by atoms with Gasteiger partial charge in [0.2, 0.25) is 0 Å². The van der Waals surface area contributed by atoms with E-state index in [0.29, 0.717) is 34.1 Å². The molecule has 0 unspecified atom stereocenters. The van der Waals surface area contributed by atoms with E-state index in [1.165, 1.54) is 40.6 Å². The van der Waals surface area contributed by atoms with Gasteiger partial charge in [0.25, 0.3) is 5.91 Å². The largest absolute Gasteiger partial charge is 0.496 e. The van der Waals surface area contributed by atoms with Gasteiger partial charge in [0.05, 0.1) is 45.4 Å². The Hall–Kier alpha value is -3.64. The molecule has 2 aromatic rings. The van der Waals surface area contributed by atoms with E-state index in [1.807, 2.05) is 5.92 Å². The number of anilines is 1. The molecular weight excluding hydrogens is 422 g/mol. The molecule has 0 atom stereocenters. The van der Waals surface area contributed by atoms with Crippen molar-refractivity contribution in [2.45, 2.75) is 5.75 Å². The third kappa shape index (κ3) is 6.17. The highest BCUT2D eigenvalue weighted by molar-refractivity contribution is 7.93. The van der Waals surface area contributed by atoms with Gasteiger partial charge in [-0.3, -0.25) is 4.79 Å². The monoisotopic (exact) mass is 445 g/mol. The molecule has 0 aliphatic carbocycles. The maximum absolute atomic E-state index is 12.7. The normalized spacial score (nSPS) is 10.9. The van der Waals surface area contributed by atoms with Gasteiger partial charge in [0, 0.05) is 17.5 Å². The fraction of sp³-hybridized carbons (Fsp3) is 0.227. The van der Waals surface area contributed by atoms with E-state index in [4.69, 9.17) is 25.4 Å². The van der Waals surface area contributed by atoms with E-state index in [9.17, 15) is 13.2 Å². The Balaban J connectivity index is 2.34. The summed E-state index contributed by atoms with van der Waals surface area (Å²) in [6, 6.07) is 7.88. The lowest BCUT2D eigenvalue weighted by atomic mass is 10.1. The number of hydrogen-bond donors (Lipinski definition) is 1. The Bertz CT molecular complexity index is 1110. The van der Waals surface area contributed by atoms with Crippen molar-refractivity contribution >= 4 is 27.5 Å². The minimum atomic E-state index is -3.69. The fourth-order valence-electron chi connectivity index (χ4n) is 2.75. The molecule has 0 aliphatic heterocycles. The number of methoxy groups -OCH3 is 4. The second-order valence-electron chi connectivity index (χ2n) is 6.19. The highest BCUT2D eigenvalue weighted by atomic mass is 32.2. The number of carbonyl (C=O) groups excluding carboxylic acids is 1. The van der Waals surface area contributed by atoms with Crippen molar-refractivity contribution in [2.75, 3.05) is 33.8 Å². The standard InChI is InChI=1S/C22H23NO7S/c1-6-22(24)23-18-11-15(7-8-19(18)28-3)14-31(25,26)10-9-17-20(29-4)12-16(27-2)13-21(17)30-5/h1,7-13H,14H2,2-5H3,(H,23,24). The number of benzene rings is 2. The first-order valence-electron chi connectivity index (χ1n) is 8.92. The molecule has 2 rings (SSSR count). The van der Waals surface area contributed by atoms with E-state index in [0.717, 1.165) is 5.41 Å². The molecule has 0 radical (unpaired) electrons. The summed E-state index contributed by atoms with van der Waals surface area (Å²) >= 11 is 0. The second kappa shape index (κ2) is 10.4. The Kier molecular flexibility index (Phi) is 7.94. The first-order valence-corrected chi connectivity index (χ1v) is 10.6. The molecule has 0 spiro atoms. The molecule has 2 aromatic carbocycles. The van der Waals surface area contributed by atoms with Crippen molar-refractivity contribution in [2.24, 2.45) is 0 Å². The summed E-state index contributed by atoms with van der Waals surface area (Å²) in [6.45, 7) is 0. The number of amides is 1. The quantitative estimate of drug-likeness (QED) is 0.593. The van der Waals surface area contributed by atoms with Gasteiger partial charge in [0.1, 0.15) is 23.0 Å². The maximum Gasteiger partial charge on any atom is 0.300 e.